The van der Waals surface area contributed by atoms with Crippen LogP contribution in [0.1, 0.15) is 0 Å². The highest BCUT2D eigenvalue weighted by Gasteiger charge is 2.30. The normalized spacial score (nSPS) is 19.1. The van der Waals surface area contributed by atoms with Crippen LogP contribution in [0.5, 0.6) is 0 Å². The third-order valence-electron chi connectivity index (χ3n) is 3.30. The number of carbonyl (C=O) groups excluding carboxylic acids is 4. The number of cyclic esters (lactones) is 4. The van der Waals surface area contributed by atoms with E-state index < -0.39 is 23.9 Å². The molecule has 0 spiro atoms. The zero-order valence-corrected chi connectivity index (χ0v) is 11.5. The molecule has 1 aromatic rings. The molecule has 0 saturated carbocycles. The second-order valence-electron chi connectivity index (χ2n) is 4.89. The number of anilines is 2. The molecule has 0 aromatic heterocycles. The summed E-state index contributed by atoms with van der Waals surface area (Å²) < 4.78 is 8.99. The van der Waals surface area contributed by atoms with Gasteiger partial charge in [0.15, 0.2) is 0 Å². The predicted octanol–water partition coefficient (Wildman–Crippen LogP) is -0.534. The summed E-state index contributed by atoms with van der Waals surface area (Å²) >= 11 is 0. The second kappa shape index (κ2) is 5.47. The monoisotopic (exact) mass is 304 g/mol. The molecule has 114 valence electrons. The molecule has 2 fully saturated rings. The Morgan fingerprint density at radius 1 is 0.636 bits per heavy atom. The number of morpholine rings is 2. The summed E-state index contributed by atoms with van der Waals surface area (Å²) in [5, 5.41) is 0. The smallest absolute Gasteiger partial charge is 0.333 e. The summed E-state index contributed by atoms with van der Waals surface area (Å²) in [6, 6.07) is 6.91. The first-order chi connectivity index (χ1) is 10.5. The van der Waals surface area contributed by atoms with Crippen molar-refractivity contribution in [3.8, 4) is 0 Å². The van der Waals surface area contributed by atoms with E-state index in [1.165, 1.54) is 0 Å². The van der Waals surface area contributed by atoms with E-state index in [1.54, 1.807) is 34.1 Å². The SMILES string of the molecule is O=C1CN(c2ccccc2N2CC(=O)OC(=O)C2)CC(=O)O1. The van der Waals surface area contributed by atoms with Crippen LogP contribution >= 0.6 is 0 Å². The standard InChI is InChI=1S/C14H12N2O6/c17-11-5-15(6-12(18)21-11)9-3-1-2-4-10(9)16-7-13(19)22-14(20)8-16/h1-4H,5-8H2. The van der Waals surface area contributed by atoms with Crippen molar-refractivity contribution in [1.82, 2.24) is 0 Å². The topological polar surface area (TPSA) is 93.2 Å². The Labute approximate surface area is 125 Å². The van der Waals surface area contributed by atoms with E-state index in [0.29, 0.717) is 11.4 Å². The van der Waals surface area contributed by atoms with E-state index in [-0.39, 0.29) is 26.2 Å². The number of esters is 4. The Hall–Kier alpha value is -2.90. The molecular formula is C14H12N2O6. The fraction of sp³-hybridized carbons (Fsp3) is 0.286. The fourth-order valence-electron chi connectivity index (χ4n) is 2.46. The minimum absolute atomic E-state index is 0.0744. The number of benzene rings is 1. The molecule has 2 aliphatic heterocycles. The van der Waals surface area contributed by atoms with Crippen molar-refractivity contribution >= 4 is 35.3 Å². The highest BCUT2D eigenvalue weighted by atomic mass is 16.6. The van der Waals surface area contributed by atoms with Gasteiger partial charge >= 0.3 is 23.9 Å². The molecule has 22 heavy (non-hydrogen) atoms. The zero-order chi connectivity index (χ0) is 15.7. The molecule has 0 aliphatic carbocycles. The van der Waals surface area contributed by atoms with Gasteiger partial charge in [-0.2, -0.15) is 0 Å². The number of rotatable bonds is 2. The Morgan fingerprint density at radius 3 is 1.27 bits per heavy atom. The van der Waals surface area contributed by atoms with Gasteiger partial charge in [-0.25, -0.2) is 19.2 Å². The van der Waals surface area contributed by atoms with Crippen LogP contribution in [0.2, 0.25) is 0 Å². The molecule has 3 rings (SSSR count). The molecule has 8 heteroatoms. The van der Waals surface area contributed by atoms with Gasteiger partial charge < -0.3 is 19.3 Å². The lowest BCUT2D eigenvalue weighted by Gasteiger charge is -2.33. The maximum absolute atomic E-state index is 11.4. The van der Waals surface area contributed by atoms with E-state index in [1.807, 2.05) is 0 Å². The average Bonchev–Trinajstić information content (AvgIpc) is 2.45. The quantitative estimate of drug-likeness (QED) is 0.531. The van der Waals surface area contributed by atoms with Gasteiger partial charge in [0, 0.05) is 0 Å². The average molecular weight is 304 g/mol. The second-order valence-corrected chi connectivity index (χ2v) is 4.89. The van der Waals surface area contributed by atoms with E-state index in [4.69, 9.17) is 0 Å². The molecule has 2 saturated heterocycles. The lowest BCUT2D eigenvalue weighted by Crippen LogP contribution is -2.46. The molecule has 0 radical (unpaired) electrons. The molecule has 0 amide bonds. The summed E-state index contributed by atoms with van der Waals surface area (Å²) in [6.07, 6.45) is 0. The summed E-state index contributed by atoms with van der Waals surface area (Å²) in [4.78, 5) is 48.8. The number of hydrogen-bond acceptors (Lipinski definition) is 8. The minimum Gasteiger partial charge on any atom is -0.390 e. The van der Waals surface area contributed by atoms with Gasteiger partial charge in [-0.05, 0) is 12.1 Å². The van der Waals surface area contributed by atoms with Crippen molar-refractivity contribution in [3.05, 3.63) is 24.3 Å². The first kappa shape index (κ1) is 14.1. The van der Waals surface area contributed by atoms with Gasteiger partial charge in [0.05, 0.1) is 11.4 Å². The van der Waals surface area contributed by atoms with Crippen LogP contribution in [-0.4, -0.2) is 50.1 Å². The summed E-state index contributed by atoms with van der Waals surface area (Å²) in [5.74, 6) is -2.55. The van der Waals surface area contributed by atoms with Gasteiger partial charge in [-0.3, -0.25) is 0 Å². The lowest BCUT2D eigenvalue weighted by molar-refractivity contribution is -0.162. The van der Waals surface area contributed by atoms with Crippen LogP contribution < -0.4 is 9.80 Å². The highest BCUT2D eigenvalue weighted by molar-refractivity contribution is 5.98. The Balaban J connectivity index is 1.92. The maximum atomic E-state index is 11.4. The third kappa shape index (κ3) is 2.76. The molecule has 0 N–H and O–H groups in total. The Morgan fingerprint density at radius 2 is 0.955 bits per heavy atom. The molecule has 0 atom stereocenters. The summed E-state index contributed by atoms with van der Waals surface area (Å²) in [5.41, 5.74) is 1.16. The van der Waals surface area contributed by atoms with Gasteiger partial charge in [-0.15, -0.1) is 0 Å². The van der Waals surface area contributed by atoms with Crippen LogP contribution in [-0.2, 0) is 28.7 Å². The van der Waals surface area contributed by atoms with Crippen molar-refractivity contribution < 1.29 is 28.7 Å². The molecule has 8 nitrogen and oxygen atoms in total. The highest BCUT2D eigenvalue weighted by Crippen LogP contribution is 2.30. The third-order valence-corrected chi connectivity index (χ3v) is 3.30. The zero-order valence-electron chi connectivity index (χ0n) is 11.5. The number of carbonyl (C=O) groups is 4. The van der Waals surface area contributed by atoms with E-state index >= 15 is 0 Å². The van der Waals surface area contributed by atoms with Crippen molar-refractivity contribution in [2.75, 3.05) is 36.0 Å². The molecule has 2 heterocycles. The van der Waals surface area contributed by atoms with Crippen LogP contribution in [0.15, 0.2) is 24.3 Å². The van der Waals surface area contributed by atoms with Crippen LogP contribution in [0.3, 0.4) is 0 Å². The van der Waals surface area contributed by atoms with Crippen LogP contribution in [0, 0.1) is 0 Å². The van der Waals surface area contributed by atoms with Crippen molar-refractivity contribution in [2.24, 2.45) is 0 Å². The predicted molar refractivity (Wildman–Crippen MR) is 73.1 cm³/mol. The summed E-state index contributed by atoms with van der Waals surface area (Å²) in [7, 11) is 0. The number of para-hydroxylation sites is 2. The van der Waals surface area contributed by atoms with Crippen LogP contribution in [0.25, 0.3) is 0 Å². The van der Waals surface area contributed by atoms with E-state index in [2.05, 4.69) is 9.47 Å². The van der Waals surface area contributed by atoms with Gasteiger partial charge in [-0.1, -0.05) is 12.1 Å². The molecule has 2 aliphatic rings. The van der Waals surface area contributed by atoms with E-state index in [0.717, 1.165) is 0 Å². The van der Waals surface area contributed by atoms with Crippen molar-refractivity contribution in [3.63, 3.8) is 0 Å². The maximum Gasteiger partial charge on any atom is 0.333 e. The van der Waals surface area contributed by atoms with Crippen molar-refractivity contribution in [1.29, 1.82) is 0 Å². The molecule has 1 aromatic carbocycles. The Kier molecular flexibility index (Phi) is 3.50. The number of hydrogen-bond donors (Lipinski definition) is 0. The van der Waals surface area contributed by atoms with Gasteiger partial charge in [0.1, 0.15) is 26.2 Å². The lowest BCUT2D eigenvalue weighted by atomic mass is 10.2. The van der Waals surface area contributed by atoms with Gasteiger partial charge in [0.25, 0.3) is 0 Å². The fourth-order valence-corrected chi connectivity index (χ4v) is 2.46. The molecule has 0 unspecified atom stereocenters. The van der Waals surface area contributed by atoms with Gasteiger partial charge in [0.2, 0.25) is 0 Å². The van der Waals surface area contributed by atoms with E-state index in [9.17, 15) is 19.2 Å². The number of nitrogens with zero attached hydrogens (tertiary/aromatic N) is 2. The minimum atomic E-state index is -0.639. The first-order valence-electron chi connectivity index (χ1n) is 6.59. The Bertz CT molecular complexity index is 582. The van der Waals surface area contributed by atoms with Crippen LogP contribution in [0.4, 0.5) is 11.4 Å². The molecule has 0 bridgehead atoms. The largest absolute Gasteiger partial charge is 0.390 e. The first-order valence-corrected chi connectivity index (χ1v) is 6.59. The summed E-state index contributed by atoms with van der Waals surface area (Å²) in [6.45, 7) is -0.298. The van der Waals surface area contributed by atoms with Crippen molar-refractivity contribution in [2.45, 2.75) is 0 Å². The number of ether oxygens (including phenoxy) is 2. The molecular weight excluding hydrogens is 292 g/mol.